The summed E-state index contributed by atoms with van der Waals surface area (Å²) in [6.45, 7) is 8.23. The summed E-state index contributed by atoms with van der Waals surface area (Å²) in [5, 5.41) is 16.2. The lowest BCUT2D eigenvalue weighted by molar-refractivity contribution is 0.0935. The van der Waals surface area contributed by atoms with Gasteiger partial charge in [0, 0.05) is 6.54 Å². The van der Waals surface area contributed by atoms with E-state index in [2.05, 4.69) is 10.5 Å². The molecule has 25 heavy (non-hydrogen) atoms. The molecule has 6 nitrogen and oxygen atoms in total. The van der Waals surface area contributed by atoms with Gasteiger partial charge in [-0.05, 0) is 45.2 Å². The van der Waals surface area contributed by atoms with Gasteiger partial charge in [-0.15, -0.1) is 0 Å². The second-order valence-corrected chi connectivity index (χ2v) is 6.49. The fourth-order valence-corrected chi connectivity index (χ4v) is 2.67. The van der Waals surface area contributed by atoms with Gasteiger partial charge in [0.15, 0.2) is 0 Å². The molecule has 0 saturated heterocycles. The highest BCUT2D eigenvalue weighted by molar-refractivity contribution is 5.96. The summed E-state index contributed by atoms with van der Waals surface area (Å²) in [4.78, 5) is 12.5. The van der Waals surface area contributed by atoms with Crippen LogP contribution < -0.4 is 10.1 Å². The van der Waals surface area contributed by atoms with Crippen LogP contribution in [0.2, 0.25) is 0 Å². The van der Waals surface area contributed by atoms with E-state index in [1.54, 1.807) is 25.1 Å². The molecule has 6 heteroatoms. The number of benzene rings is 1. The molecule has 0 radical (unpaired) electrons. The molecule has 2 aromatic rings. The van der Waals surface area contributed by atoms with Crippen molar-refractivity contribution in [3.63, 3.8) is 0 Å². The van der Waals surface area contributed by atoms with Gasteiger partial charge in [0.25, 0.3) is 5.91 Å². The van der Waals surface area contributed by atoms with Crippen LogP contribution in [0.1, 0.15) is 47.6 Å². The molecule has 1 aromatic heterocycles. The van der Waals surface area contributed by atoms with Gasteiger partial charge in [0.1, 0.15) is 18.1 Å². The Kier molecular flexibility index (Phi) is 6.58. The van der Waals surface area contributed by atoms with Gasteiger partial charge >= 0.3 is 0 Å². The lowest BCUT2D eigenvalue weighted by atomic mass is 10.0. The Hall–Kier alpha value is -2.34. The van der Waals surface area contributed by atoms with E-state index < -0.39 is 0 Å². The van der Waals surface area contributed by atoms with Crippen LogP contribution in [0.15, 0.2) is 28.8 Å². The molecule has 1 aromatic carbocycles. The van der Waals surface area contributed by atoms with Crippen molar-refractivity contribution >= 4 is 5.91 Å². The van der Waals surface area contributed by atoms with Crippen molar-refractivity contribution in [1.82, 2.24) is 10.5 Å². The van der Waals surface area contributed by atoms with Crippen LogP contribution in [0.3, 0.4) is 0 Å². The van der Waals surface area contributed by atoms with Gasteiger partial charge in [-0.25, -0.2) is 0 Å². The van der Waals surface area contributed by atoms with E-state index in [9.17, 15) is 9.90 Å². The maximum Gasteiger partial charge on any atom is 0.255 e. The molecule has 0 fully saturated rings. The Morgan fingerprint density at radius 1 is 1.32 bits per heavy atom. The number of aliphatic hydroxyl groups excluding tert-OH is 1. The molecule has 2 N–H and O–H groups in total. The third-order valence-electron chi connectivity index (χ3n) is 4.04. The zero-order chi connectivity index (χ0) is 18.4. The van der Waals surface area contributed by atoms with Crippen molar-refractivity contribution in [2.24, 2.45) is 5.92 Å². The zero-order valence-electron chi connectivity index (χ0n) is 15.2. The van der Waals surface area contributed by atoms with E-state index in [1.807, 2.05) is 26.8 Å². The average molecular weight is 346 g/mol. The number of aromatic nitrogens is 1. The fourth-order valence-electron chi connectivity index (χ4n) is 2.67. The molecular formula is C19H26N2O4. The van der Waals surface area contributed by atoms with Crippen LogP contribution in [0.25, 0.3) is 0 Å². The first-order valence-corrected chi connectivity index (χ1v) is 8.48. The molecule has 0 aliphatic heterocycles. The van der Waals surface area contributed by atoms with Crippen molar-refractivity contribution in [3.8, 4) is 5.75 Å². The van der Waals surface area contributed by atoms with Crippen LogP contribution in [-0.2, 0) is 6.61 Å². The average Bonchev–Trinajstić information content (AvgIpc) is 2.89. The van der Waals surface area contributed by atoms with Gasteiger partial charge in [-0.2, -0.15) is 0 Å². The van der Waals surface area contributed by atoms with Crippen LogP contribution in [0, 0.1) is 19.8 Å². The Balaban J connectivity index is 2.01. The number of amides is 1. The van der Waals surface area contributed by atoms with E-state index in [1.165, 1.54) is 0 Å². The van der Waals surface area contributed by atoms with Crippen LogP contribution in [0.5, 0.6) is 5.75 Å². The number of hydrogen-bond donors (Lipinski definition) is 2. The Bertz CT molecular complexity index is 690. The fraction of sp³-hybridized carbons (Fsp3) is 0.474. The lowest BCUT2D eigenvalue weighted by Crippen LogP contribution is -2.29. The number of rotatable bonds is 8. The van der Waals surface area contributed by atoms with Crippen LogP contribution in [0.4, 0.5) is 0 Å². The number of aryl methyl sites for hydroxylation is 2. The number of nitrogens with one attached hydrogen (secondary N) is 1. The number of para-hydroxylation sites is 1. The van der Waals surface area contributed by atoms with Gasteiger partial charge in [0.2, 0.25) is 0 Å². The molecule has 0 saturated carbocycles. The van der Waals surface area contributed by atoms with Crippen molar-refractivity contribution < 1.29 is 19.2 Å². The second kappa shape index (κ2) is 8.67. The minimum atomic E-state index is -0.377. The number of carbonyl (C=O) groups excluding carboxylic acids is 1. The largest absolute Gasteiger partial charge is 0.488 e. The summed E-state index contributed by atoms with van der Waals surface area (Å²) in [5.74, 6) is 1.24. The number of nitrogens with zero attached hydrogens (tertiary/aromatic N) is 1. The van der Waals surface area contributed by atoms with Crippen LogP contribution >= 0.6 is 0 Å². The van der Waals surface area contributed by atoms with Crippen molar-refractivity contribution in [2.75, 3.05) is 6.54 Å². The Morgan fingerprint density at radius 3 is 2.68 bits per heavy atom. The van der Waals surface area contributed by atoms with Crippen molar-refractivity contribution in [3.05, 3.63) is 46.8 Å². The monoisotopic (exact) mass is 346 g/mol. The minimum absolute atomic E-state index is 0.188. The predicted molar refractivity (Wildman–Crippen MR) is 94.5 cm³/mol. The predicted octanol–water partition coefficient (Wildman–Crippen LogP) is 3.01. The molecule has 0 aliphatic carbocycles. The molecule has 2 unspecified atom stereocenters. The molecule has 0 bridgehead atoms. The first-order valence-electron chi connectivity index (χ1n) is 8.48. The Labute approximate surface area is 148 Å². The van der Waals surface area contributed by atoms with E-state index in [0.29, 0.717) is 36.6 Å². The minimum Gasteiger partial charge on any atom is -0.488 e. The number of carbonyl (C=O) groups is 1. The highest BCUT2D eigenvalue weighted by atomic mass is 16.5. The number of ether oxygens (including phenoxy) is 1. The first-order chi connectivity index (χ1) is 11.9. The second-order valence-electron chi connectivity index (χ2n) is 6.49. The summed E-state index contributed by atoms with van der Waals surface area (Å²) < 4.78 is 11.0. The van der Waals surface area contributed by atoms with E-state index in [-0.39, 0.29) is 17.9 Å². The molecule has 0 spiro atoms. The molecule has 1 amide bonds. The molecule has 2 rings (SSSR count). The molecule has 2 atom stereocenters. The highest BCUT2D eigenvalue weighted by Gasteiger charge is 2.15. The maximum absolute atomic E-state index is 12.5. The first kappa shape index (κ1) is 19.0. The normalized spacial score (nSPS) is 13.3. The molecular weight excluding hydrogens is 320 g/mol. The van der Waals surface area contributed by atoms with Gasteiger partial charge in [-0.3, -0.25) is 4.79 Å². The third kappa shape index (κ3) is 5.32. The van der Waals surface area contributed by atoms with Gasteiger partial charge in [0.05, 0.1) is 22.9 Å². The molecule has 1 heterocycles. The van der Waals surface area contributed by atoms with E-state index in [0.717, 1.165) is 11.3 Å². The van der Waals surface area contributed by atoms with E-state index >= 15 is 0 Å². The molecule has 136 valence electrons. The lowest BCUT2D eigenvalue weighted by Gasteiger charge is -2.15. The van der Waals surface area contributed by atoms with E-state index in [4.69, 9.17) is 9.26 Å². The van der Waals surface area contributed by atoms with Gasteiger partial charge in [-0.1, -0.05) is 24.2 Å². The summed E-state index contributed by atoms with van der Waals surface area (Å²) in [7, 11) is 0. The summed E-state index contributed by atoms with van der Waals surface area (Å²) >= 11 is 0. The number of aliphatic hydroxyl groups is 1. The Morgan fingerprint density at radius 2 is 2.04 bits per heavy atom. The standard InChI is InChI=1S/C19H26N2O4/c1-12(9-13(2)22)10-20-19(23)16-7-5-6-8-18(16)24-11-17-14(3)21-25-15(17)4/h5-8,12-13,22H,9-11H2,1-4H3,(H,20,23). The number of hydrogen-bond acceptors (Lipinski definition) is 5. The molecule has 0 aliphatic rings. The summed E-state index contributed by atoms with van der Waals surface area (Å²) in [6, 6.07) is 7.13. The smallest absolute Gasteiger partial charge is 0.255 e. The highest BCUT2D eigenvalue weighted by Crippen LogP contribution is 2.21. The maximum atomic E-state index is 12.5. The summed E-state index contributed by atoms with van der Waals surface area (Å²) in [5.41, 5.74) is 2.16. The SMILES string of the molecule is Cc1noc(C)c1COc1ccccc1C(=O)NCC(C)CC(C)O. The van der Waals surface area contributed by atoms with Gasteiger partial charge < -0.3 is 19.7 Å². The topological polar surface area (TPSA) is 84.6 Å². The third-order valence-corrected chi connectivity index (χ3v) is 4.04. The van der Waals surface area contributed by atoms with Crippen molar-refractivity contribution in [1.29, 1.82) is 0 Å². The van der Waals surface area contributed by atoms with Crippen LogP contribution in [-0.4, -0.2) is 28.8 Å². The van der Waals surface area contributed by atoms with Crippen molar-refractivity contribution in [2.45, 2.75) is 46.8 Å². The quantitative estimate of drug-likeness (QED) is 0.767. The summed E-state index contributed by atoms with van der Waals surface area (Å²) in [6.07, 6.45) is 0.266. The zero-order valence-corrected chi connectivity index (χ0v) is 15.2.